The molecule has 2 N–H and O–H groups in total. The van der Waals surface area contributed by atoms with Gasteiger partial charge in [0.2, 0.25) is 11.8 Å². The van der Waals surface area contributed by atoms with Crippen LogP contribution in [0.5, 0.6) is 0 Å². The molecule has 0 radical (unpaired) electrons. The minimum absolute atomic E-state index is 0.0451. The fraction of sp³-hybridized carbons (Fsp3) is 0.722. The van der Waals surface area contributed by atoms with Crippen LogP contribution >= 0.6 is 0 Å². The zero-order valence-electron chi connectivity index (χ0n) is 13.9. The molecular weight excluding hydrogens is 306 g/mol. The molecule has 4 amide bonds. The van der Waals surface area contributed by atoms with Crippen molar-refractivity contribution in [2.24, 2.45) is 23.7 Å². The molecule has 3 fully saturated rings. The van der Waals surface area contributed by atoms with Crippen molar-refractivity contribution in [3.63, 3.8) is 0 Å². The number of nitrogens with one attached hydrogen (secondary N) is 2. The lowest BCUT2D eigenvalue weighted by Crippen LogP contribution is -2.46. The van der Waals surface area contributed by atoms with Crippen LogP contribution in [0.25, 0.3) is 0 Å². The molecule has 0 aromatic rings. The number of hydrogen-bond donors (Lipinski definition) is 2. The molecule has 2 saturated carbocycles. The van der Waals surface area contributed by atoms with Gasteiger partial charge in [-0.15, -0.1) is 0 Å². The summed E-state index contributed by atoms with van der Waals surface area (Å²) in [6.07, 6.45) is 10.8. The van der Waals surface area contributed by atoms with Crippen LogP contribution in [0.3, 0.4) is 0 Å². The highest BCUT2D eigenvalue weighted by atomic mass is 16.2. The normalized spacial score (nSPS) is 34.8. The summed E-state index contributed by atoms with van der Waals surface area (Å²) in [7, 11) is 0. The van der Waals surface area contributed by atoms with Gasteiger partial charge in [-0.2, -0.15) is 0 Å². The van der Waals surface area contributed by atoms with Crippen LogP contribution in [0.4, 0.5) is 4.79 Å². The van der Waals surface area contributed by atoms with E-state index in [1.807, 2.05) is 0 Å². The number of allylic oxidation sites excluding steroid dienone is 2. The summed E-state index contributed by atoms with van der Waals surface area (Å²) in [6.45, 7) is 0.598. The molecule has 0 aromatic heterocycles. The summed E-state index contributed by atoms with van der Waals surface area (Å²) in [5.41, 5.74) is 0. The van der Waals surface area contributed by atoms with Gasteiger partial charge in [-0.3, -0.25) is 14.5 Å². The third-order valence-electron chi connectivity index (χ3n) is 6.12. The fourth-order valence-electron chi connectivity index (χ4n) is 4.95. The third-order valence-corrected chi connectivity index (χ3v) is 6.12. The van der Waals surface area contributed by atoms with Crippen LogP contribution in [0.1, 0.15) is 38.5 Å². The lowest BCUT2D eigenvalue weighted by Gasteiger charge is -2.23. The van der Waals surface area contributed by atoms with E-state index in [2.05, 4.69) is 22.8 Å². The van der Waals surface area contributed by atoms with E-state index in [1.165, 1.54) is 24.2 Å². The molecule has 1 saturated heterocycles. The Kier molecular flexibility index (Phi) is 4.06. The van der Waals surface area contributed by atoms with E-state index >= 15 is 0 Å². The number of carbonyl (C=O) groups is 3. The van der Waals surface area contributed by atoms with Gasteiger partial charge in [0, 0.05) is 19.1 Å². The molecule has 2 bridgehead atoms. The molecule has 0 unspecified atom stereocenters. The molecule has 6 heteroatoms. The Morgan fingerprint density at radius 3 is 2.29 bits per heavy atom. The molecule has 130 valence electrons. The van der Waals surface area contributed by atoms with E-state index in [4.69, 9.17) is 0 Å². The van der Waals surface area contributed by atoms with Crippen molar-refractivity contribution in [3.05, 3.63) is 12.2 Å². The minimum atomic E-state index is -0.192. The summed E-state index contributed by atoms with van der Waals surface area (Å²) in [6, 6.07) is 0.0674. The number of rotatable bonds is 4. The highest BCUT2D eigenvalue weighted by molar-refractivity contribution is 6.06. The zero-order chi connectivity index (χ0) is 16.7. The van der Waals surface area contributed by atoms with Crippen LogP contribution < -0.4 is 10.6 Å². The predicted octanol–water partition coefficient (Wildman–Crippen LogP) is 1.43. The van der Waals surface area contributed by atoms with Gasteiger partial charge in [0.05, 0.1) is 11.8 Å². The van der Waals surface area contributed by atoms with Crippen molar-refractivity contribution in [3.8, 4) is 0 Å². The highest BCUT2D eigenvalue weighted by Crippen LogP contribution is 2.52. The molecule has 4 rings (SSSR count). The first kappa shape index (κ1) is 15.7. The Balaban J connectivity index is 1.25. The Morgan fingerprint density at radius 1 is 1.04 bits per heavy atom. The Hall–Kier alpha value is -1.85. The molecular formula is C18H25N3O3. The number of urea groups is 1. The van der Waals surface area contributed by atoms with Crippen molar-refractivity contribution in [1.29, 1.82) is 0 Å². The van der Waals surface area contributed by atoms with Crippen LogP contribution in [-0.4, -0.2) is 41.9 Å². The maximum Gasteiger partial charge on any atom is 0.315 e. The van der Waals surface area contributed by atoms with Crippen LogP contribution in [-0.2, 0) is 9.59 Å². The Labute approximate surface area is 142 Å². The number of amides is 4. The average molecular weight is 331 g/mol. The van der Waals surface area contributed by atoms with E-state index in [0.717, 1.165) is 19.3 Å². The predicted molar refractivity (Wildman–Crippen MR) is 87.8 cm³/mol. The number of carbonyl (C=O) groups excluding carboxylic acids is 3. The number of fused-ring (bicyclic) bond motifs is 5. The maximum absolute atomic E-state index is 12.5. The van der Waals surface area contributed by atoms with E-state index in [1.54, 1.807) is 0 Å². The van der Waals surface area contributed by atoms with Crippen LogP contribution in [0, 0.1) is 23.7 Å². The van der Waals surface area contributed by atoms with Crippen LogP contribution in [0.15, 0.2) is 12.2 Å². The first-order valence-corrected chi connectivity index (χ1v) is 9.23. The number of nitrogens with zero attached hydrogens (tertiary/aromatic N) is 1. The monoisotopic (exact) mass is 331 g/mol. The van der Waals surface area contributed by atoms with E-state index in [-0.39, 0.29) is 54.1 Å². The SMILES string of the molecule is O=C(NCCN1C(=O)[C@@H]2[C@H](C1=O)[C@@H]1C=C[C@H]2C1)NC1CCCCC1. The largest absolute Gasteiger partial charge is 0.336 e. The van der Waals surface area contributed by atoms with E-state index < -0.39 is 0 Å². The molecule has 1 aliphatic heterocycles. The smallest absolute Gasteiger partial charge is 0.315 e. The van der Waals surface area contributed by atoms with E-state index in [0.29, 0.717) is 6.54 Å². The van der Waals surface area contributed by atoms with Crippen molar-refractivity contribution in [2.45, 2.75) is 44.6 Å². The highest BCUT2D eigenvalue weighted by Gasteiger charge is 2.58. The van der Waals surface area contributed by atoms with Gasteiger partial charge < -0.3 is 10.6 Å². The molecule has 4 aliphatic rings. The Bertz CT molecular complexity index is 552. The summed E-state index contributed by atoms with van der Waals surface area (Å²) in [4.78, 5) is 38.3. The summed E-state index contributed by atoms with van der Waals surface area (Å²) in [5.74, 6) is 0.0906. The summed E-state index contributed by atoms with van der Waals surface area (Å²) in [5, 5.41) is 5.77. The number of imide groups is 1. The van der Waals surface area contributed by atoms with Gasteiger partial charge >= 0.3 is 6.03 Å². The quantitative estimate of drug-likeness (QED) is 0.604. The van der Waals surface area contributed by atoms with Crippen molar-refractivity contribution in [2.75, 3.05) is 13.1 Å². The average Bonchev–Trinajstić information content (AvgIpc) is 3.25. The third kappa shape index (κ3) is 2.62. The molecule has 6 nitrogen and oxygen atoms in total. The van der Waals surface area contributed by atoms with Crippen molar-refractivity contribution >= 4 is 17.8 Å². The van der Waals surface area contributed by atoms with Gasteiger partial charge in [-0.05, 0) is 31.1 Å². The minimum Gasteiger partial charge on any atom is -0.336 e. The van der Waals surface area contributed by atoms with Crippen LogP contribution in [0.2, 0.25) is 0 Å². The summed E-state index contributed by atoms with van der Waals surface area (Å²) < 4.78 is 0. The first-order valence-electron chi connectivity index (χ1n) is 9.23. The van der Waals surface area contributed by atoms with Crippen molar-refractivity contribution < 1.29 is 14.4 Å². The molecule has 0 spiro atoms. The molecule has 1 heterocycles. The maximum atomic E-state index is 12.5. The molecule has 0 aromatic carbocycles. The van der Waals surface area contributed by atoms with Crippen molar-refractivity contribution in [1.82, 2.24) is 15.5 Å². The number of hydrogen-bond acceptors (Lipinski definition) is 3. The lowest BCUT2D eigenvalue weighted by atomic mass is 9.85. The lowest BCUT2D eigenvalue weighted by molar-refractivity contribution is -0.140. The van der Waals surface area contributed by atoms with Gasteiger partial charge in [0.15, 0.2) is 0 Å². The first-order chi connectivity index (χ1) is 11.6. The van der Waals surface area contributed by atoms with Gasteiger partial charge in [0.1, 0.15) is 0 Å². The number of likely N-dealkylation sites (tertiary alicyclic amines) is 1. The second-order valence-corrected chi connectivity index (χ2v) is 7.56. The second kappa shape index (κ2) is 6.22. The fourth-order valence-corrected chi connectivity index (χ4v) is 4.95. The van der Waals surface area contributed by atoms with E-state index in [9.17, 15) is 14.4 Å². The second-order valence-electron chi connectivity index (χ2n) is 7.56. The molecule has 24 heavy (non-hydrogen) atoms. The molecule has 4 atom stereocenters. The zero-order valence-corrected chi connectivity index (χ0v) is 13.9. The van der Waals surface area contributed by atoms with Gasteiger partial charge in [-0.1, -0.05) is 31.4 Å². The molecule has 3 aliphatic carbocycles. The van der Waals surface area contributed by atoms with Gasteiger partial charge in [0.25, 0.3) is 0 Å². The standard InChI is InChI=1S/C18H25N3O3/c22-16-14-11-6-7-12(10-11)15(14)17(23)21(16)9-8-19-18(24)20-13-4-2-1-3-5-13/h6-7,11-15H,1-5,8-10H2,(H2,19,20,24)/t11-,12+,14-,15+. The topological polar surface area (TPSA) is 78.5 Å². The van der Waals surface area contributed by atoms with Gasteiger partial charge in [-0.25, -0.2) is 4.79 Å². The summed E-state index contributed by atoms with van der Waals surface area (Å²) >= 11 is 0. The Morgan fingerprint density at radius 2 is 1.67 bits per heavy atom.